The van der Waals surface area contributed by atoms with Gasteiger partial charge in [0, 0.05) is 12.6 Å². The van der Waals surface area contributed by atoms with E-state index in [4.69, 9.17) is 4.52 Å². The molecule has 0 N–H and O–H groups in total. The van der Waals surface area contributed by atoms with Crippen molar-refractivity contribution in [1.29, 1.82) is 0 Å². The highest BCUT2D eigenvalue weighted by atomic mass is 16.5. The van der Waals surface area contributed by atoms with Crippen molar-refractivity contribution in [2.45, 2.75) is 6.92 Å². The van der Waals surface area contributed by atoms with Crippen LogP contribution in [0, 0.1) is 6.92 Å². The summed E-state index contributed by atoms with van der Waals surface area (Å²) in [5, 5.41) is 8.60. The first kappa shape index (κ1) is 10.7. The van der Waals surface area contributed by atoms with Gasteiger partial charge in [0.25, 0.3) is 5.56 Å². The van der Waals surface area contributed by atoms with Gasteiger partial charge in [0.05, 0.1) is 5.69 Å². The van der Waals surface area contributed by atoms with Crippen molar-refractivity contribution >= 4 is 11.0 Å². The lowest BCUT2D eigenvalue weighted by Crippen LogP contribution is -2.20. The second-order valence-electron chi connectivity index (χ2n) is 4.12. The van der Waals surface area contributed by atoms with Crippen molar-refractivity contribution in [2.75, 3.05) is 0 Å². The van der Waals surface area contributed by atoms with E-state index >= 15 is 0 Å². The number of aryl methyl sites for hydroxylation is 2. The minimum atomic E-state index is -0.191. The van der Waals surface area contributed by atoms with Crippen LogP contribution in [-0.2, 0) is 7.05 Å². The van der Waals surface area contributed by atoms with Crippen molar-refractivity contribution in [3.8, 4) is 11.3 Å². The fraction of sp³-hybridized carbons (Fsp3) is 0.154. The van der Waals surface area contributed by atoms with Crippen molar-refractivity contribution in [2.24, 2.45) is 7.05 Å². The van der Waals surface area contributed by atoms with Crippen molar-refractivity contribution in [3.63, 3.8) is 0 Å². The van der Waals surface area contributed by atoms with Crippen LogP contribution >= 0.6 is 0 Å². The average Bonchev–Trinajstić information content (AvgIpc) is 2.77. The summed E-state index contributed by atoms with van der Waals surface area (Å²) in [7, 11) is 1.63. The molecule has 3 aromatic rings. The Kier molecular flexibility index (Phi) is 2.26. The molecule has 3 rings (SSSR count). The van der Waals surface area contributed by atoms with Crippen LogP contribution in [0.2, 0.25) is 0 Å². The highest BCUT2D eigenvalue weighted by Gasteiger charge is 2.17. The average molecular weight is 241 g/mol. The number of hydrogen-bond donors (Lipinski definition) is 0. The molecule has 0 saturated carbocycles. The zero-order valence-electron chi connectivity index (χ0n) is 10.0. The molecule has 0 radical (unpaired) electrons. The van der Waals surface area contributed by atoms with Gasteiger partial charge in [0.2, 0.25) is 5.58 Å². The normalized spacial score (nSPS) is 11.0. The molecule has 90 valence electrons. The van der Waals surface area contributed by atoms with Gasteiger partial charge in [0.15, 0.2) is 0 Å². The maximum atomic E-state index is 12.0. The van der Waals surface area contributed by atoms with Crippen molar-refractivity contribution < 1.29 is 4.52 Å². The molecule has 0 spiro atoms. The maximum absolute atomic E-state index is 12.0. The fourth-order valence-corrected chi connectivity index (χ4v) is 1.97. The van der Waals surface area contributed by atoms with Crippen molar-refractivity contribution in [3.05, 3.63) is 46.4 Å². The lowest BCUT2D eigenvalue weighted by Gasteiger charge is -2.03. The van der Waals surface area contributed by atoms with Gasteiger partial charge < -0.3 is 4.52 Å². The molecule has 0 unspecified atom stereocenters. The van der Waals surface area contributed by atoms with E-state index in [0.717, 1.165) is 5.56 Å². The summed E-state index contributed by atoms with van der Waals surface area (Å²) in [4.78, 5) is 12.0. The quantitative estimate of drug-likeness (QED) is 0.652. The summed E-state index contributed by atoms with van der Waals surface area (Å²) in [5.74, 6) is 0. The van der Waals surface area contributed by atoms with Gasteiger partial charge in [-0.3, -0.25) is 4.79 Å². The van der Waals surface area contributed by atoms with Crippen LogP contribution in [-0.4, -0.2) is 14.9 Å². The van der Waals surface area contributed by atoms with Crippen LogP contribution in [0.1, 0.15) is 5.69 Å². The molecule has 0 aliphatic rings. The summed E-state index contributed by atoms with van der Waals surface area (Å²) in [5.41, 5.74) is 2.37. The topological polar surface area (TPSA) is 60.9 Å². The molecule has 0 aliphatic heterocycles. The molecule has 5 nitrogen and oxygen atoms in total. The largest absolute Gasteiger partial charge is 0.353 e. The van der Waals surface area contributed by atoms with Crippen molar-refractivity contribution in [1.82, 2.24) is 14.9 Å². The van der Waals surface area contributed by atoms with Crippen LogP contribution < -0.4 is 5.56 Å². The number of fused-ring (bicyclic) bond motifs is 1. The Labute approximate surface area is 103 Å². The summed E-state index contributed by atoms with van der Waals surface area (Å²) in [6, 6.07) is 9.59. The van der Waals surface area contributed by atoms with Gasteiger partial charge in [-0.1, -0.05) is 35.5 Å². The van der Waals surface area contributed by atoms with Crippen LogP contribution in [0.25, 0.3) is 22.2 Å². The van der Waals surface area contributed by atoms with E-state index in [9.17, 15) is 4.79 Å². The zero-order chi connectivity index (χ0) is 12.7. The SMILES string of the molecule is Cc1noc2c(-c3ccccc3)nn(C)c(=O)c12. The summed E-state index contributed by atoms with van der Waals surface area (Å²) in [6.07, 6.45) is 0. The molecule has 0 fully saturated rings. The van der Waals surface area contributed by atoms with Crippen LogP contribution in [0.15, 0.2) is 39.6 Å². The Morgan fingerprint density at radius 2 is 1.94 bits per heavy atom. The summed E-state index contributed by atoms with van der Waals surface area (Å²) in [6.45, 7) is 1.75. The lowest BCUT2D eigenvalue weighted by molar-refractivity contribution is 0.449. The Morgan fingerprint density at radius 1 is 1.22 bits per heavy atom. The van der Waals surface area contributed by atoms with Gasteiger partial charge in [-0.05, 0) is 6.92 Å². The minimum absolute atomic E-state index is 0.191. The molecule has 2 heterocycles. The molecule has 5 heteroatoms. The molecule has 0 aliphatic carbocycles. The molecule has 0 amide bonds. The number of benzene rings is 1. The van der Waals surface area contributed by atoms with Crippen LogP contribution in [0.4, 0.5) is 0 Å². The molecule has 1 aromatic carbocycles. The standard InChI is InChI=1S/C13H11N3O2/c1-8-10-12(18-15-8)11(14-16(2)13(10)17)9-6-4-3-5-7-9/h3-7H,1-2H3. The highest BCUT2D eigenvalue weighted by molar-refractivity contribution is 5.90. The fourth-order valence-electron chi connectivity index (χ4n) is 1.97. The van der Waals surface area contributed by atoms with Gasteiger partial charge in [0.1, 0.15) is 11.1 Å². The lowest BCUT2D eigenvalue weighted by atomic mass is 10.1. The Morgan fingerprint density at radius 3 is 2.67 bits per heavy atom. The number of hydrogen-bond acceptors (Lipinski definition) is 4. The van der Waals surface area contributed by atoms with Crippen LogP contribution in [0.3, 0.4) is 0 Å². The number of rotatable bonds is 1. The third-order valence-corrected chi connectivity index (χ3v) is 2.88. The third-order valence-electron chi connectivity index (χ3n) is 2.88. The second-order valence-corrected chi connectivity index (χ2v) is 4.12. The Bertz CT molecular complexity index is 772. The van der Waals surface area contributed by atoms with Gasteiger partial charge in [-0.2, -0.15) is 5.10 Å². The first-order valence-electron chi connectivity index (χ1n) is 5.57. The number of aromatic nitrogens is 3. The summed E-state index contributed by atoms with van der Waals surface area (Å²) < 4.78 is 6.56. The monoisotopic (exact) mass is 241 g/mol. The minimum Gasteiger partial charge on any atom is -0.353 e. The first-order valence-corrected chi connectivity index (χ1v) is 5.57. The van der Waals surface area contributed by atoms with Gasteiger partial charge in [-0.25, -0.2) is 4.68 Å². The van der Waals surface area contributed by atoms with E-state index in [1.807, 2.05) is 30.3 Å². The summed E-state index contributed by atoms with van der Waals surface area (Å²) >= 11 is 0. The van der Waals surface area contributed by atoms with Gasteiger partial charge in [-0.15, -0.1) is 0 Å². The molecule has 0 atom stereocenters. The molecular formula is C13H11N3O2. The molecule has 0 bridgehead atoms. The third kappa shape index (κ3) is 1.44. The molecular weight excluding hydrogens is 230 g/mol. The highest BCUT2D eigenvalue weighted by Crippen LogP contribution is 2.25. The van der Waals surface area contributed by atoms with E-state index in [0.29, 0.717) is 22.4 Å². The van der Waals surface area contributed by atoms with E-state index in [-0.39, 0.29) is 5.56 Å². The van der Waals surface area contributed by atoms with E-state index in [2.05, 4.69) is 10.3 Å². The Hall–Kier alpha value is -2.43. The molecule has 18 heavy (non-hydrogen) atoms. The maximum Gasteiger partial charge on any atom is 0.279 e. The van der Waals surface area contributed by atoms with E-state index < -0.39 is 0 Å². The molecule has 0 saturated heterocycles. The van der Waals surface area contributed by atoms with Crippen LogP contribution in [0.5, 0.6) is 0 Å². The predicted molar refractivity (Wildman–Crippen MR) is 67.2 cm³/mol. The van der Waals surface area contributed by atoms with E-state index in [1.165, 1.54) is 4.68 Å². The first-order chi connectivity index (χ1) is 8.68. The second kappa shape index (κ2) is 3.80. The smallest absolute Gasteiger partial charge is 0.279 e. The predicted octanol–water partition coefficient (Wildman–Crippen LogP) is 1.90. The van der Waals surface area contributed by atoms with Gasteiger partial charge >= 0.3 is 0 Å². The zero-order valence-corrected chi connectivity index (χ0v) is 10.0. The number of nitrogens with zero attached hydrogens (tertiary/aromatic N) is 3. The molecule has 2 aromatic heterocycles. The van der Waals surface area contributed by atoms with E-state index in [1.54, 1.807) is 14.0 Å². The Balaban J connectivity index is 2.45.